The van der Waals surface area contributed by atoms with Gasteiger partial charge < -0.3 is 14.6 Å². The van der Waals surface area contributed by atoms with Crippen LogP contribution in [0.4, 0.5) is 0 Å². The highest BCUT2D eigenvalue weighted by Gasteiger charge is 2.17. The molecule has 1 amide bonds. The smallest absolute Gasteiger partial charge is 0.221 e. The number of hydrogen-bond acceptors (Lipinski definition) is 4. The third-order valence-corrected chi connectivity index (χ3v) is 4.75. The van der Waals surface area contributed by atoms with Crippen molar-refractivity contribution in [3.05, 3.63) is 48.9 Å². The molecule has 26 heavy (non-hydrogen) atoms. The van der Waals surface area contributed by atoms with Crippen molar-refractivity contribution in [2.24, 2.45) is 0 Å². The van der Waals surface area contributed by atoms with Gasteiger partial charge in [0.1, 0.15) is 5.65 Å². The molecule has 0 radical (unpaired) electrons. The molecule has 4 rings (SSSR count). The van der Waals surface area contributed by atoms with E-state index in [1.54, 1.807) is 18.6 Å². The molecule has 3 aromatic rings. The lowest BCUT2D eigenvalue weighted by atomic mass is 10.2. The maximum absolute atomic E-state index is 12.3. The summed E-state index contributed by atoms with van der Waals surface area (Å²) in [6, 6.07) is 10.0. The molecule has 3 aromatic heterocycles. The van der Waals surface area contributed by atoms with E-state index in [0.29, 0.717) is 19.5 Å². The van der Waals surface area contributed by atoms with Gasteiger partial charge in [-0.1, -0.05) is 0 Å². The van der Waals surface area contributed by atoms with Crippen LogP contribution < -0.4 is 5.32 Å². The van der Waals surface area contributed by atoms with Crippen LogP contribution in [-0.2, 0) is 16.1 Å². The van der Waals surface area contributed by atoms with Crippen LogP contribution in [0.5, 0.6) is 0 Å². The zero-order chi connectivity index (χ0) is 17.8. The van der Waals surface area contributed by atoms with Crippen LogP contribution in [0.1, 0.15) is 19.3 Å². The summed E-state index contributed by atoms with van der Waals surface area (Å²) in [6.45, 7) is 1.98. The molecule has 0 unspecified atom stereocenters. The van der Waals surface area contributed by atoms with Gasteiger partial charge >= 0.3 is 0 Å². The molecule has 134 valence electrons. The minimum Gasteiger partial charge on any atom is -0.376 e. The highest BCUT2D eigenvalue weighted by atomic mass is 16.5. The first kappa shape index (κ1) is 16.7. The summed E-state index contributed by atoms with van der Waals surface area (Å²) in [6.07, 6.45) is 8.02. The summed E-state index contributed by atoms with van der Waals surface area (Å²) >= 11 is 0. The van der Waals surface area contributed by atoms with Gasteiger partial charge in [-0.15, -0.1) is 0 Å². The number of hydrogen-bond donors (Lipinski definition) is 1. The van der Waals surface area contributed by atoms with Gasteiger partial charge in [0.15, 0.2) is 0 Å². The number of pyridine rings is 2. The summed E-state index contributed by atoms with van der Waals surface area (Å²) in [7, 11) is 0. The Morgan fingerprint density at radius 3 is 2.96 bits per heavy atom. The van der Waals surface area contributed by atoms with Gasteiger partial charge in [0.2, 0.25) is 5.91 Å². The second kappa shape index (κ2) is 7.66. The van der Waals surface area contributed by atoms with Gasteiger partial charge in [0.05, 0.1) is 11.8 Å². The van der Waals surface area contributed by atoms with Gasteiger partial charge in [0.25, 0.3) is 0 Å². The molecule has 1 aliphatic rings. The van der Waals surface area contributed by atoms with Gasteiger partial charge in [-0.2, -0.15) is 0 Å². The van der Waals surface area contributed by atoms with E-state index in [-0.39, 0.29) is 12.0 Å². The van der Waals surface area contributed by atoms with Gasteiger partial charge in [-0.25, -0.2) is 4.98 Å². The number of rotatable bonds is 6. The minimum absolute atomic E-state index is 0.0407. The molecule has 1 aliphatic heterocycles. The maximum Gasteiger partial charge on any atom is 0.221 e. The van der Waals surface area contributed by atoms with Crippen molar-refractivity contribution in [2.75, 3.05) is 13.2 Å². The molecular formula is C20H22N4O2. The zero-order valence-electron chi connectivity index (χ0n) is 14.6. The molecule has 1 atom stereocenters. The number of nitrogens with one attached hydrogen (secondary N) is 1. The van der Waals surface area contributed by atoms with Gasteiger partial charge in [-0.05, 0) is 43.2 Å². The molecule has 6 heteroatoms. The number of ether oxygens (including phenoxy) is 1. The summed E-state index contributed by atoms with van der Waals surface area (Å²) in [5, 5.41) is 4.06. The molecule has 0 aliphatic carbocycles. The first-order valence-electron chi connectivity index (χ1n) is 9.04. The van der Waals surface area contributed by atoms with Crippen LogP contribution in [0, 0.1) is 0 Å². The molecule has 0 saturated carbocycles. The predicted octanol–water partition coefficient (Wildman–Crippen LogP) is 2.78. The quantitative estimate of drug-likeness (QED) is 0.742. The van der Waals surface area contributed by atoms with Crippen LogP contribution >= 0.6 is 0 Å². The molecule has 1 saturated heterocycles. The van der Waals surface area contributed by atoms with E-state index in [0.717, 1.165) is 41.7 Å². The fourth-order valence-electron chi connectivity index (χ4n) is 3.41. The normalized spacial score (nSPS) is 16.8. The van der Waals surface area contributed by atoms with E-state index < -0.39 is 0 Å². The average Bonchev–Trinajstić information content (AvgIpc) is 3.33. The number of carbonyl (C=O) groups is 1. The average molecular weight is 350 g/mol. The van der Waals surface area contributed by atoms with Crippen LogP contribution in [-0.4, -0.2) is 39.7 Å². The number of aryl methyl sites for hydroxylation is 1. The molecule has 0 spiro atoms. The van der Waals surface area contributed by atoms with Crippen molar-refractivity contribution in [3.8, 4) is 11.3 Å². The summed E-state index contributed by atoms with van der Waals surface area (Å²) < 4.78 is 7.66. The Morgan fingerprint density at radius 1 is 1.27 bits per heavy atom. The van der Waals surface area contributed by atoms with Crippen LogP contribution in [0.3, 0.4) is 0 Å². The second-order valence-electron chi connectivity index (χ2n) is 6.52. The molecule has 1 N–H and O–H groups in total. The van der Waals surface area contributed by atoms with E-state index in [1.165, 1.54) is 0 Å². The van der Waals surface area contributed by atoms with E-state index in [4.69, 9.17) is 4.74 Å². The Kier molecular flexibility index (Phi) is 4.93. The predicted molar refractivity (Wildman–Crippen MR) is 99.6 cm³/mol. The number of nitrogens with zero attached hydrogens (tertiary/aromatic N) is 3. The molecule has 4 heterocycles. The fourth-order valence-corrected chi connectivity index (χ4v) is 3.41. The van der Waals surface area contributed by atoms with Crippen molar-refractivity contribution >= 4 is 16.9 Å². The minimum atomic E-state index is 0.0407. The molecular weight excluding hydrogens is 328 g/mol. The fraction of sp³-hybridized carbons (Fsp3) is 0.350. The van der Waals surface area contributed by atoms with Crippen molar-refractivity contribution in [3.63, 3.8) is 0 Å². The third-order valence-electron chi connectivity index (χ3n) is 4.75. The number of amides is 1. The Balaban J connectivity index is 1.50. The lowest BCUT2D eigenvalue weighted by Crippen LogP contribution is -2.32. The van der Waals surface area contributed by atoms with E-state index in [1.807, 2.05) is 24.3 Å². The third kappa shape index (κ3) is 3.60. The van der Waals surface area contributed by atoms with Gasteiger partial charge in [0, 0.05) is 55.7 Å². The van der Waals surface area contributed by atoms with Crippen molar-refractivity contribution in [1.29, 1.82) is 0 Å². The van der Waals surface area contributed by atoms with Crippen molar-refractivity contribution in [1.82, 2.24) is 19.9 Å². The summed E-state index contributed by atoms with van der Waals surface area (Å²) in [5.74, 6) is 0.0407. The molecule has 0 bridgehead atoms. The Morgan fingerprint density at radius 2 is 2.15 bits per heavy atom. The SMILES string of the molecule is O=C(CCn1c(-c2ccncc2)cc2cccnc21)NC[C@@H]1CCCO1. The molecule has 0 aromatic carbocycles. The molecule has 1 fully saturated rings. The maximum atomic E-state index is 12.3. The van der Waals surface area contributed by atoms with E-state index >= 15 is 0 Å². The first-order chi connectivity index (χ1) is 12.8. The van der Waals surface area contributed by atoms with Crippen molar-refractivity contribution < 1.29 is 9.53 Å². The Labute approximate surface area is 152 Å². The van der Waals surface area contributed by atoms with Crippen LogP contribution in [0.15, 0.2) is 48.9 Å². The topological polar surface area (TPSA) is 69.0 Å². The highest BCUT2D eigenvalue weighted by molar-refractivity contribution is 5.84. The van der Waals surface area contributed by atoms with Gasteiger partial charge in [-0.3, -0.25) is 9.78 Å². The number of aromatic nitrogens is 3. The standard InChI is InChI=1S/C20H22N4O2/c25-19(23-14-17-4-2-12-26-17)7-11-24-18(15-5-9-21-10-6-15)13-16-3-1-8-22-20(16)24/h1,3,5-6,8-10,13,17H,2,4,7,11-12,14H2,(H,23,25)/t17-/m0/s1. The lowest BCUT2D eigenvalue weighted by molar-refractivity contribution is -0.121. The van der Waals surface area contributed by atoms with Crippen molar-refractivity contribution in [2.45, 2.75) is 31.9 Å². The number of carbonyl (C=O) groups excluding carboxylic acids is 1. The molecule has 6 nitrogen and oxygen atoms in total. The van der Waals surface area contributed by atoms with Crippen LogP contribution in [0.25, 0.3) is 22.3 Å². The van der Waals surface area contributed by atoms with Crippen LogP contribution in [0.2, 0.25) is 0 Å². The summed E-state index contributed by atoms with van der Waals surface area (Å²) in [5.41, 5.74) is 3.01. The van der Waals surface area contributed by atoms with E-state index in [2.05, 4.69) is 25.9 Å². The van der Waals surface area contributed by atoms with E-state index in [9.17, 15) is 4.79 Å². The second-order valence-corrected chi connectivity index (χ2v) is 6.52. The Bertz CT molecular complexity index is 885. The Hall–Kier alpha value is -2.73. The lowest BCUT2D eigenvalue weighted by Gasteiger charge is -2.13. The largest absolute Gasteiger partial charge is 0.376 e. The summed E-state index contributed by atoms with van der Waals surface area (Å²) in [4.78, 5) is 20.9. The highest BCUT2D eigenvalue weighted by Crippen LogP contribution is 2.27. The number of fused-ring (bicyclic) bond motifs is 1. The zero-order valence-corrected chi connectivity index (χ0v) is 14.6. The first-order valence-corrected chi connectivity index (χ1v) is 9.04. The monoisotopic (exact) mass is 350 g/mol.